The Labute approximate surface area is 172 Å². The van der Waals surface area contributed by atoms with Crippen LogP contribution in [0.2, 0.25) is 0 Å². The smallest absolute Gasteiger partial charge is 0.228 e. The molecule has 1 atom stereocenters. The number of carbonyl (C=O) groups is 1. The zero-order chi connectivity index (χ0) is 19.9. The van der Waals surface area contributed by atoms with Crippen LogP contribution in [0.1, 0.15) is 44.9 Å². The molecule has 0 radical (unpaired) electrons. The van der Waals surface area contributed by atoms with E-state index in [4.69, 9.17) is 10.7 Å². The molecule has 2 aromatic rings. The lowest BCUT2D eigenvalue weighted by Gasteiger charge is -2.39. The van der Waals surface area contributed by atoms with Gasteiger partial charge in [0.05, 0.1) is 5.52 Å². The molecule has 1 saturated heterocycles. The Bertz CT molecular complexity index is 871. The van der Waals surface area contributed by atoms with Crippen molar-refractivity contribution in [1.29, 1.82) is 0 Å². The number of rotatable bonds is 2. The second-order valence-electron chi connectivity index (χ2n) is 8.46. The Morgan fingerprint density at radius 2 is 1.82 bits per heavy atom. The van der Waals surface area contributed by atoms with E-state index in [1.54, 1.807) is 13.0 Å². The first kappa shape index (κ1) is 22.4. The highest BCUT2D eigenvalue weighted by Crippen LogP contribution is 2.31. The molecule has 0 spiro atoms. The Morgan fingerprint density at radius 1 is 1.21 bits per heavy atom. The minimum atomic E-state index is -0.380. The monoisotopic (exact) mass is 408 g/mol. The molecule has 0 saturated carbocycles. The zero-order valence-electron chi connectivity index (χ0n) is 17.3. The summed E-state index contributed by atoms with van der Waals surface area (Å²) in [6.45, 7) is 12.2. The van der Waals surface area contributed by atoms with Crippen molar-refractivity contribution in [2.45, 2.75) is 40.7 Å². The number of aryl methyl sites for hydroxylation is 1. The summed E-state index contributed by atoms with van der Waals surface area (Å²) >= 11 is 0. The summed E-state index contributed by atoms with van der Waals surface area (Å²) in [5.74, 6) is 0.711. The first-order valence-electron chi connectivity index (χ1n) is 9.49. The molecule has 0 aliphatic carbocycles. The molecular weight excluding hydrogens is 379 g/mol. The standard InChI is InChI=1S/C21H29FN4O.ClH/c1-13-17(22)7-6-15-12-16(14(2)23)19(24-18(13)15)25-8-10-26(11-9-25)20(27)21(3,4)5;/h6-7,12,14H,8-11,23H2,1-5H3;1H. The molecule has 5 nitrogen and oxygen atoms in total. The molecule has 0 bridgehead atoms. The molecule has 7 heteroatoms. The van der Waals surface area contributed by atoms with Crippen LogP contribution in [0.25, 0.3) is 10.9 Å². The van der Waals surface area contributed by atoms with Gasteiger partial charge in [-0.05, 0) is 32.0 Å². The number of anilines is 1. The van der Waals surface area contributed by atoms with Gasteiger partial charge in [-0.1, -0.05) is 20.8 Å². The number of halogens is 2. The highest BCUT2D eigenvalue weighted by Gasteiger charge is 2.30. The molecule has 1 unspecified atom stereocenters. The molecule has 1 aromatic carbocycles. The van der Waals surface area contributed by atoms with E-state index >= 15 is 0 Å². The lowest BCUT2D eigenvalue weighted by molar-refractivity contribution is -0.139. The number of nitrogens with two attached hydrogens (primary N) is 1. The zero-order valence-corrected chi connectivity index (χ0v) is 18.1. The van der Waals surface area contributed by atoms with Gasteiger partial charge in [-0.15, -0.1) is 12.4 Å². The van der Waals surface area contributed by atoms with Crippen LogP contribution in [0.5, 0.6) is 0 Å². The maximum atomic E-state index is 14.0. The van der Waals surface area contributed by atoms with Crippen LogP contribution >= 0.6 is 12.4 Å². The van der Waals surface area contributed by atoms with Gasteiger partial charge in [0, 0.05) is 54.1 Å². The molecule has 2 N–H and O–H groups in total. The third-order valence-electron chi connectivity index (χ3n) is 5.18. The predicted molar refractivity (Wildman–Crippen MR) is 115 cm³/mol. The van der Waals surface area contributed by atoms with E-state index in [9.17, 15) is 9.18 Å². The Balaban J connectivity index is 0.00000280. The number of pyridine rings is 1. The van der Waals surface area contributed by atoms with Gasteiger partial charge < -0.3 is 15.5 Å². The second-order valence-corrected chi connectivity index (χ2v) is 8.46. The summed E-state index contributed by atoms with van der Waals surface area (Å²) in [6.07, 6.45) is 0. The Kier molecular flexibility index (Phi) is 6.56. The number of piperazine rings is 1. The fourth-order valence-electron chi connectivity index (χ4n) is 3.55. The molecule has 1 amide bonds. The van der Waals surface area contributed by atoms with Crippen LogP contribution in [0.4, 0.5) is 10.2 Å². The normalized spacial score (nSPS) is 16.1. The van der Waals surface area contributed by atoms with Crippen LogP contribution in [0.15, 0.2) is 18.2 Å². The van der Waals surface area contributed by atoms with Crippen molar-refractivity contribution in [2.75, 3.05) is 31.1 Å². The molecule has 1 aliphatic rings. The number of carbonyl (C=O) groups excluding carboxylic acids is 1. The van der Waals surface area contributed by atoms with Gasteiger partial charge in [0.15, 0.2) is 0 Å². The van der Waals surface area contributed by atoms with Gasteiger partial charge >= 0.3 is 0 Å². The number of benzene rings is 1. The van der Waals surface area contributed by atoms with Crippen molar-refractivity contribution in [3.63, 3.8) is 0 Å². The molecule has 1 aromatic heterocycles. The van der Waals surface area contributed by atoms with Gasteiger partial charge in [0.2, 0.25) is 5.91 Å². The third-order valence-corrected chi connectivity index (χ3v) is 5.18. The topological polar surface area (TPSA) is 62.5 Å². The van der Waals surface area contributed by atoms with Crippen molar-refractivity contribution < 1.29 is 9.18 Å². The minimum Gasteiger partial charge on any atom is -0.353 e. The maximum absolute atomic E-state index is 14.0. The number of nitrogens with zero attached hydrogens (tertiary/aromatic N) is 3. The first-order valence-corrected chi connectivity index (χ1v) is 9.49. The fourth-order valence-corrected chi connectivity index (χ4v) is 3.55. The van der Waals surface area contributed by atoms with Gasteiger partial charge in [0.25, 0.3) is 0 Å². The largest absolute Gasteiger partial charge is 0.353 e. The number of hydrogen-bond donors (Lipinski definition) is 1. The van der Waals surface area contributed by atoms with E-state index in [0.717, 1.165) is 16.8 Å². The predicted octanol–water partition coefficient (Wildman–Crippen LogP) is 3.82. The van der Waals surface area contributed by atoms with E-state index in [1.165, 1.54) is 6.07 Å². The Morgan fingerprint density at radius 3 is 2.36 bits per heavy atom. The second kappa shape index (κ2) is 8.21. The number of hydrogen-bond acceptors (Lipinski definition) is 4. The van der Waals surface area contributed by atoms with Crippen molar-refractivity contribution in [3.8, 4) is 0 Å². The lowest BCUT2D eigenvalue weighted by Crippen LogP contribution is -2.52. The first-order chi connectivity index (χ1) is 12.6. The SMILES string of the molecule is Cc1c(F)ccc2cc(C(C)N)c(N3CCN(C(=O)C(C)(C)C)CC3)nc12.Cl. The van der Waals surface area contributed by atoms with Crippen molar-refractivity contribution in [2.24, 2.45) is 11.1 Å². The van der Waals surface area contributed by atoms with Crippen LogP contribution in [0, 0.1) is 18.2 Å². The molecule has 28 heavy (non-hydrogen) atoms. The quantitative estimate of drug-likeness (QED) is 0.820. The average molecular weight is 409 g/mol. The molecule has 2 heterocycles. The fraction of sp³-hybridized carbons (Fsp3) is 0.524. The van der Waals surface area contributed by atoms with Crippen molar-refractivity contribution >= 4 is 35.0 Å². The molecular formula is C21H30ClFN4O. The minimum absolute atomic E-state index is 0. The van der Waals surface area contributed by atoms with Crippen LogP contribution in [0.3, 0.4) is 0 Å². The van der Waals surface area contributed by atoms with Crippen molar-refractivity contribution in [3.05, 3.63) is 35.1 Å². The van der Waals surface area contributed by atoms with E-state index in [0.29, 0.717) is 37.3 Å². The average Bonchev–Trinajstić information content (AvgIpc) is 2.62. The highest BCUT2D eigenvalue weighted by atomic mass is 35.5. The van der Waals surface area contributed by atoms with E-state index < -0.39 is 0 Å². The van der Waals surface area contributed by atoms with Gasteiger partial charge in [-0.2, -0.15) is 0 Å². The van der Waals surface area contributed by atoms with E-state index in [-0.39, 0.29) is 35.6 Å². The Hall–Kier alpha value is -1.92. The molecule has 1 fully saturated rings. The maximum Gasteiger partial charge on any atom is 0.228 e. The lowest BCUT2D eigenvalue weighted by atomic mass is 9.94. The number of fused-ring (bicyclic) bond motifs is 1. The summed E-state index contributed by atoms with van der Waals surface area (Å²) in [5.41, 5.74) is 7.99. The number of amides is 1. The molecule has 1 aliphatic heterocycles. The van der Waals surface area contributed by atoms with Crippen LogP contribution in [-0.4, -0.2) is 42.0 Å². The molecule has 3 rings (SSSR count). The van der Waals surface area contributed by atoms with E-state index in [1.807, 2.05) is 38.7 Å². The summed E-state index contributed by atoms with van der Waals surface area (Å²) in [5, 5.41) is 0.895. The van der Waals surface area contributed by atoms with Crippen LogP contribution in [-0.2, 0) is 4.79 Å². The van der Waals surface area contributed by atoms with Gasteiger partial charge in [-0.3, -0.25) is 4.79 Å². The summed E-state index contributed by atoms with van der Waals surface area (Å²) in [6, 6.07) is 5.05. The summed E-state index contributed by atoms with van der Waals surface area (Å²) in [7, 11) is 0. The number of aromatic nitrogens is 1. The van der Waals surface area contributed by atoms with Gasteiger partial charge in [-0.25, -0.2) is 9.37 Å². The van der Waals surface area contributed by atoms with Crippen LogP contribution < -0.4 is 10.6 Å². The van der Waals surface area contributed by atoms with Crippen molar-refractivity contribution in [1.82, 2.24) is 9.88 Å². The van der Waals surface area contributed by atoms with Gasteiger partial charge in [0.1, 0.15) is 11.6 Å². The third kappa shape index (κ3) is 4.23. The highest BCUT2D eigenvalue weighted by molar-refractivity contribution is 5.86. The van der Waals surface area contributed by atoms with E-state index in [2.05, 4.69) is 4.90 Å². The summed E-state index contributed by atoms with van der Waals surface area (Å²) in [4.78, 5) is 21.4. The summed E-state index contributed by atoms with van der Waals surface area (Å²) < 4.78 is 14.0. The molecule has 154 valence electrons.